The van der Waals surface area contributed by atoms with Gasteiger partial charge in [0.15, 0.2) is 6.29 Å². The van der Waals surface area contributed by atoms with E-state index in [9.17, 15) is 13.2 Å². The molecule has 0 aliphatic carbocycles. The van der Waals surface area contributed by atoms with Gasteiger partial charge in [-0.1, -0.05) is 12.1 Å². The standard InChI is InChI=1S/C13H15F3O2/c14-13(15,16)11-6-4-10(5-7-11)9-18-12-3-1-2-8-17-12/h4-7,12H,1-3,8-9H2. The molecule has 1 saturated heterocycles. The summed E-state index contributed by atoms with van der Waals surface area (Å²) in [6, 6.07) is 5.01. The van der Waals surface area contributed by atoms with Gasteiger partial charge in [0.25, 0.3) is 0 Å². The number of benzene rings is 1. The van der Waals surface area contributed by atoms with Crippen LogP contribution in [-0.2, 0) is 22.3 Å². The Morgan fingerprint density at radius 1 is 1.17 bits per heavy atom. The molecule has 1 unspecified atom stereocenters. The summed E-state index contributed by atoms with van der Waals surface area (Å²) in [7, 11) is 0. The fraction of sp³-hybridized carbons (Fsp3) is 0.538. The normalized spacial score (nSPS) is 20.9. The maximum absolute atomic E-state index is 12.3. The average Bonchev–Trinajstić information content (AvgIpc) is 2.37. The van der Waals surface area contributed by atoms with Gasteiger partial charge in [0, 0.05) is 6.61 Å². The molecule has 0 amide bonds. The Morgan fingerprint density at radius 3 is 2.44 bits per heavy atom. The summed E-state index contributed by atoms with van der Waals surface area (Å²) >= 11 is 0. The number of halogens is 3. The molecular formula is C13H15F3O2. The van der Waals surface area contributed by atoms with Gasteiger partial charge in [-0.05, 0) is 37.0 Å². The van der Waals surface area contributed by atoms with Crippen LogP contribution in [0.4, 0.5) is 13.2 Å². The zero-order valence-corrected chi connectivity index (χ0v) is 9.87. The third-order valence-corrected chi connectivity index (χ3v) is 2.86. The summed E-state index contributed by atoms with van der Waals surface area (Å²) < 4.78 is 47.9. The highest BCUT2D eigenvalue weighted by atomic mass is 19.4. The van der Waals surface area contributed by atoms with E-state index in [1.54, 1.807) is 0 Å². The molecule has 1 heterocycles. The topological polar surface area (TPSA) is 18.5 Å². The minimum atomic E-state index is -4.29. The van der Waals surface area contributed by atoms with Crippen molar-refractivity contribution in [3.05, 3.63) is 35.4 Å². The molecule has 2 rings (SSSR count). The number of alkyl halides is 3. The Bertz CT molecular complexity index is 367. The van der Waals surface area contributed by atoms with Gasteiger partial charge in [-0.2, -0.15) is 13.2 Å². The van der Waals surface area contributed by atoms with Gasteiger partial charge in [-0.25, -0.2) is 0 Å². The highest BCUT2D eigenvalue weighted by molar-refractivity contribution is 5.24. The van der Waals surface area contributed by atoms with Crippen molar-refractivity contribution in [3.8, 4) is 0 Å². The first-order valence-electron chi connectivity index (χ1n) is 5.95. The fourth-order valence-corrected chi connectivity index (χ4v) is 1.82. The van der Waals surface area contributed by atoms with E-state index in [1.165, 1.54) is 12.1 Å². The van der Waals surface area contributed by atoms with Gasteiger partial charge in [0.2, 0.25) is 0 Å². The maximum Gasteiger partial charge on any atom is 0.416 e. The SMILES string of the molecule is FC(F)(F)c1ccc(COC2CCCCO2)cc1. The number of hydrogen-bond donors (Lipinski definition) is 0. The Kier molecular flexibility index (Phi) is 4.24. The minimum Gasteiger partial charge on any atom is -0.353 e. The molecule has 1 aliphatic heterocycles. The molecule has 100 valence electrons. The van der Waals surface area contributed by atoms with Gasteiger partial charge >= 0.3 is 6.18 Å². The first kappa shape index (κ1) is 13.4. The fourth-order valence-electron chi connectivity index (χ4n) is 1.82. The van der Waals surface area contributed by atoms with Crippen LogP contribution in [0.1, 0.15) is 30.4 Å². The zero-order valence-electron chi connectivity index (χ0n) is 9.87. The largest absolute Gasteiger partial charge is 0.416 e. The molecule has 0 N–H and O–H groups in total. The van der Waals surface area contributed by atoms with Crippen molar-refractivity contribution < 1.29 is 22.6 Å². The number of hydrogen-bond acceptors (Lipinski definition) is 2. The van der Waals surface area contributed by atoms with Gasteiger partial charge in [-0.15, -0.1) is 0 Å². The lowest BCUT2D eigenvalue weighted by molar-refractivity contribution is -0.169. The predicted octanol–water partition coefficient (Wildman–Crippen LogP) is 3.75. The third kappa shape index (κ3) is 3.71. The van der Waals surface area contributed by atoms with Crippen molar-refractivity contribution in [1.82, 2.24) is 0 Å². The highest BCUT2D eigenvalue weighted by Crippen LogP contribution is 2.29. The van der Waals surface area contributed by atoms with E-state index < -0.39 is 11.7 Å². The molecule has 1 aromatic rings. The second kappa shape index (κ2) is 5.71. The van der Waals surface area contributed by atoms with Crippen LogP contribution in [-0.4, -0.2) is 12.9 Å². The van der Waals surface area contributed by atoms with Crippen LogP contribution in [0.25, 0.3) is 0 Å². The second-order valence-electron chi connectivity index (χ2n) is 4.30. The number of ether oxygens (including phenoxy) is 2. The molecule has 1 aromatic carbocycles. The predicted molar refractivity (Wildman–Crippen MR) is 59.8 cm³/mol. The molecule has 18 heavy (non-hydrogen) atoms. The molecule has 5 heteroatoms. The second-order valence-corrected chi connectivity index (χ2v) is 4.30. The Balaban J connectivity index is 1.86. The summed E-state index contributed by atoms with van der Waals surface area (Å²) in [6.07, 6.45) is -1.55. The third-order valence-electron chi connectivity index (χ3n) is 2.86. The Hall–Kier alpha value is -1.07. The molecule has 2 nitrogen and oxygen atoms in total. The van der Waals surface area contributed by atoms with E-state index in [-0.39, 0.29) is 12.9 Å². The summed E-state index contributed by atoms with van der Waals surface area (Å²) in [6.45, 7) is 0.973. The van der Waals surface area contributed by atoms with Crippen molar-refractivity contribution in [2.24, 2.45) is 0 Å². The van der Waals surface area contributed by atoms with E-state index in [0.29, 0.717) is 6.61 Å². The monoisotopic (exact) mass is 260 g/mol. The van der Waals surface area contributed by atoms with Crippen LogP contribution in [0, 0.1) is 0 Å². The Labute approximate surface area is 104 Å². The zero-order chi connectivity index (χ0) is 13.0. The van der Waals surface area contributed by atoms with Gasteiger partial charge in [0.05, 0.1) is 12.2 Å². The van der Waals surface area contributed by atoms with Crippen molar-refractivity contribution >= 4 is 0 Å². The maximum atomic E-state index is 12.3. The van der Waals surface area contributed by atoms with Crippen LogP contribution >= 0.6 is 0 Å². The lowest BCUT2D eigenvalue weighted by atomic mass is 10.1. The molecule has 1 fully saturated rings. The highest BCUT2D eigenvalue weighted by Gasteiger charge is 2.29. The number of rotatable bonds is 3. The molecule has 1 aliphatic rings. The molecule has 0 bridgehead atoms. The lowest BCUT2D eigenvalue weighted by Gasteiger charge is -2.22. The lowest BCUT2D eigenvalue weighted by Crippen LogP contribution is -2.22. The summed E-state index contributed by atoms with van der Waals surface area (Å²) in [5.74, 6) is 0. The summed E-state index contributed by atoms with van der Waals surface area (Å²) in [5.41, 5.74) is 0.0809. The van der Waals surface area contributed by atoms with E-state index >= 15 is 0 Å². The van der Waals surface area contributed by atoms with Gasteiger partial charge < -0.3 is 9.47 Å². The van der Waals surface area contributed by atoms with Crippen molar-refractivity contribution in [2.75, 3.05) is 6.61 Å². The smallest absolute Gasteiger partial charge is 0.353 e. The molecule has 0 saturated carbocycles. The molecule has 0 spiro atoms. The van der Waals surface area contributed by atoms with Gasteiger partial charge in [-0.3, -0.25) is 0 Å². The molecular weight excluding hydrogens is 245 g/mol. The first-order chi connectivity index (χ1) is 8.55. The first-order valence-corrected chi connectivity index (χ1v) is 5.95. The van der Waals surface area contributed by atoms with Crippen LogP contribution < -0.4 is 0 Å². The van der Waals surface area contributed by atoms with Gasteiger partial charge in [0.1, 0.15) is 0 Å². The average molecular weight is 260 g/mol. The van der Waals surface area contributed by atoms with E-state index in [1.807, 2.05) is 0 Å². The van der Waals surface area contributed by atoms with Crippen molar-refractivity contribution in [2.45, 2.75) is 38.3 Å². The van der Waals surface area contributed by atoms with E-state index in [0.717, 1.165) is 37.0 Å². The summed E-state index contributed by atoms with van der Waals surface area (Å²) in [5, 5.41) is 0. The molecule has 0 aromatic heterocycles. The van der Waals surface area contributed by atoms with Crippen LogP contribution in [0.15, 0.2) is 24.3 Å². The van der Waals surface area contributed by atoms with E-state index in [4.69, 9.17) is 9.47 Å². The van der Waals surface area contributed by atoms with Crippen molar-refractivity contribution in [1.29, 1.82) is 0 Å². The van der Waals surface area contributed by atoms with Crippen LogP contribution in [0.3, 0.4) is 0 Å². The van der Waals surface area contributed by atoms with E-state index in [2.05, 4.69) is 0 Å². The Morgan fingerprint density at radius 2 is 1.89 bits per heavy atom. The minimum absolute atomic E-state index is 0.221. The van der Waals surface area contributed by atoms with Crippen LogP contribution in [0.2, 0.25) is 0 Å². The van der Waals surface area contributed by atoms with Crippen LogP contribution in [0.5, 0.6) is 0 Å². The summed E-state index contributed by atoms with van der Waals surface area (Å²) in [4.78, 5) is 0. The quantitative estimate of drug-likeness (QED) is 0.824. The molecule has 0 radical (unpaired) electrons. The van der Waals surface area contributed by atoms with Crippen molar-refractivity contribution in [3.63, 3.8) is 0 Å². The molecule has 1 atom stereocenters.